The van der Waals surface area contributed by atoms with E-state index in [4.69, 9.17) is 21.1 Å². The van der Waals surface area contributed by atoms with Crippen molar-refractivity contribution >= 4 is 23.3 Å². The number of hydrogen-bond acceptors (Lipinski definition) is 6. The number of anilines is 1. The number of carbonyl (C=O) groups is 1. The van der Waals surface area contributed by atoms with Crippen molar-refractivity contribution in [1.29, 1.82) is 0 Å². The summed E-state index contributed by atoms with van der Waals surface area (Å²) < 4.78 is 11.6. The Morgan fingerprint density at radius 1 is 1.32 bits per heavy atom. The number of carbonyl (C=O) groups excluding carboxylic acids is 1. The minimum absolute atomic E-state index is 0.0423. The maximum absolute atomic E-state index is 12.9. The molecule has 0 saturated carbocycles. The summed E-state index contributed by atoms with van der Waals surface area (Å²) in [4.78, 5) is 18.9. The Morgan fingerprint density at radius 2 is 2.16 bits per heavy atom. The maximum atomic E-state index is 12.9. The molecule has 0 radical (unpaired) electrons. The van der Waals surface area contributed by atoms with E-state index in [1.165, 1.54) is 0 Å². The van der Waals surface area contributed by atoms with Gasteiger partial charge in [0.15, 0.2) is 0 Å². The third-order valence-electron chi connectivity index (χ3n) is 5.05. The van der Waals surface area contributed by atoms with E-state index in [1.54, 1.807) is 42.4 Å². The number of ether oxygens (including phenoxy) is 2. The first-order valence-electron chi connectivity index (χ1n) is 10.1. The van der Waals surface area contributed by atoms with Gasteiger partial charge in [0.2, 0.25) is 0 Å². The molecule has 3 aromatic rings. The van der Waals surface area contributed by atoms with Crippen LogP contribution in [-0.2, 0) is 11.2 Å². The molecule has 1 atom stereocenters. The number of aromatic nitrogens is 3. The summed E-state index contributed by atoms with van der Waals surface area (Å²) in [6, 6.07) is 12.7. The van der Waals surface area contributed by atoms with Gasteiger partial charge in [-0.3, -0.25) is 9.89 Å². The van der Waals surface area contributed by atoms with E-state index in [1.807, 2.05) is 18.2 Å². The number of halogens is 1. The van der Waals surface area contributed by atoms with E-state index >= 15 is 0 Å². The first-order valence-corrected chi connectivity index (χ1v) is 10.5. The number of nitrogens with one attached hydrogen (secondary N) is 2. The fourth-order valence-corrected chi connectivity index (χ4v) is 3.50. The number of pyridine rings is 1. The summed E-state index contributed by atoms with van der Waals surface area (Å²) in [5, 5.41) is 11.1. The fourth-order valence-electron chi connectivity index (χ4n) is 3.38. The molecule has 1 fully saturated rings. The second kappa shape index (κ2) is 9.80. The van der Waals surface area contributed by atoms with Crippen LogP contribution in [0.3, 0.4) is 0 Å². The number of hydrogen-bond donors (Lipinski definition) is 2. The van der Waals surface area contributed by atoms with Crippen molar-refractivity contribution in [1.82, 2.24) is 20.1 Å². The molecule has 0 spiro atoms. The van der Waals surface area contributed by atoms with Gasteiger partial charge in [0.05, 0.1) is 25.5 Å². The van der Waals surface area contributed by atoms with Gasteiger partial charge in [-0.05, 0) is 42.5 Å². The smallest absolute Gasteiger partial charge is 0.254 e. The monoisotopic (exact) mass is 441 g/mol. The van der Waals surface area contributed by atoms with Crippen molar-refractivity contribution < 1.29 is 14.3 Å². The van der Waals surface area contributed by atoms with Gasteiger partial charge in [-0.1, -0.05) is 11.6 Å². The van der Waals surface area contributed by atoms with Crippen molar-refractivity contribution in [3.63, 3.8) is 0 Å². The van der Waals surface area contributed by atoms with Gasteiger partial charge in [-0.15, -0.1) is 0 Å². The van der Waals surface area contributed by atoms with Crippen molar-refractivity contribution in [3.05, 3.63) is 70.6 Å². The fraction of sp³-hybridized carbons (Fsp3) is 0.318. The highest BCUT2D eigenvalue weighted by Gasteiger charge is 2.28. The number of H-pyrrole nitrogens is 1. The minimum Gasteiger partial charge on any atom is -0.493 e. The lowest BCUT2D eigenvalue weighted by atomic mass is 10.1. The SMILES string of the molecule is CNc1cc(C(=O)N2CCO[C@@H](c3cc(CCOc4ccc(Cl)cc4)[nH]n3)C2)ccn1. The number of amides is 1. The molecule has 2 N–H and O–H groups in total. The molecule has 0 unspecified atom stereocenters. The summed E-state index contributed by atoms with van der Waals surface area (Å²) in [5.74, 6) is 1.39. The lowest BCUT2D eigenvalue weighted by Gasteiger charge is -2.32. The topological polar surface area (TPSA) is 92.4 Å². The summed E-state index contributed by atoms with van der Waals surface area (Å²) in [7, 11) is 1.77. The van der Waals surface area contributed by atoms with Gasteiger partial charge in [0.1, 0.15) is 17.7 Å². The van der Waals surface area contributed by atoms with Crippen LogP contribution in [0.15, 0.2) is 48.7 Å². The van der Waals surface area contributed by atoms with Crippen molar-refractivity contribution in [2.45, 2.75) is 12.5 Å². The molecule has 0 aliphatic carbocycles. The number of rotatable bonds is 7. The van der Waals surface area contributed by atoms with E-state index in [0.29, 0.717) is 49.1 Å². The van der Waals surface area contributed by atoms with E-state index in [-0.39, 0.29) is 12.0 Å². The highest BCUT2D eigenvalue weighted by molar-refractivity contribution is 6.30. The third kappa shape index (κ3) is 5.34. The van der Waals surface area contributed by atoms with E-state index < -0.39 is 0 Å². The van der Waals surface area contributed by atoms with Gasteiger partial charge in [0.25, 0.3) is 5.91 Å². The highest BCUT2D eigenvalue weighted by Crippen LogP contribution is 2.23. The Labute approximate surface area is 185 Å². The van der Waals surface area contributed by atoms with Crippen LogP contribution in [0.2, 0.25) is 5.02 Å². The molecule has 3 heterocycles. The number of aromatic amines is 1. The van der Waals surface area contributed by atoms with Crippen LogP contribution >= 0.6 is 11.6 Å². The zero-order valence-corrected chi connectivity index (χ0v) is 17.9. The largest absolute Gasteiger partial charge is 0.493 e. The van der Waals surface area contributed by atoms with Crippen molar-refractivity contribution in [2.24, 2.45) is 0 Å². The van der Waals surface area contributed by atoms with Gasteiger partial charge < -0.3 is 19.7 Å². The molecule has 1 aliphatic heterocycles. The quantitative estimate of drug-likeness (QED) is 0.584. The number of morpholine rings is 1. The highest BCUT2D eigenvalue weighted by atomic mass is 35.5. The predicted molar refractivity (Wildman–Crippen MR) is 118 cm³/mol. The van der Waals surface area contributed by atoms with Crippen LogP contribution in [0.4, 0.5) is 5.82 Å². The molecule has 162 valence electrons. The second-order valence-electron chi connectivity index (χ2n) is 7.16. The molecule has 1 aliphatic rings. The van der Waals surface area contributed by atoms with Crippen LogP contribution in [0.25, 0.3) is 0 Å². The Hall–Kier alpha value is -3.10. The first kappa shape index (κ1) is 21.1. The zero-order chi connectivity index (χ0) is 21.6. The molecule has 1 amide bonds. The van der Waals surface area contributed by atoms with Crippen LogP contribution < -0.4 is 10.1 Å². The van der Waals surface area contributed by atoms with E-state index in [0.717, 1.165) is 17.1 Å². The molecule has 4 rings (SSSR count). The Morgan fingerprint density at radius 3 is 2.97 bits per heavy atom. The van der Waals surface area contributed by atoms with E-state index in [9.17, 15) is 4.79 Å². The summed E-state index contributed by atoms with van der Waals surface area (Å²) in [6.07, 6.45) is 2.03. The molecule has 8 nitrogen and oxygen atoms in total. The maximum Gasteiger partial charge on any atom is 0.254 e. The van der Waals surface area contributed by atoms with Crippen molar-refractivity contribution in [3.8, 4) is 5.75 Å². The second-order valence-corrected chi connectivity index (χ2v) is 7.60. The Kier molecular flexibility index (Phi) is 6.69. The lowest BCUT2D eigenvalue weighted by Crippen LogP contribution is -2.42. The average molecular weight is 442 g/mol. The molecule has 0 bridgehead atoms. The van der Waals surface area contributed by atoms with Crippen LogP contribution in [-0.4, -0.2) is 59.3 Å². The normalized spacial score (nSPS) is 16.2. The van der Waals surface area contributed by atoms with Crippen LogP contribution in [0.1, 0.15) is 27.8 Å². The number of benzene rings is 1. The van der Waals surface area contributed by atoms with E-state index in [2.05, 4.69) is 20.5 Å². The van der Waals surface area contributed by atoms with Gasteiger partial charge >= 0.3 is 0 Å². The molecule has 1 aromatic carbocycles. The molecular weight excluding hydrogens is 418 g/mol. The summed E-state index contributed by atoms with van der Waals surface area (Å²) >= 11 is 5.89. The van der Waals surface area contributed by atoms with Gasteiger partial charge in [-0.25, -0.2) is 4.98 Å². The standard InChI is InChI=1S/C22H24ClN5O3/c1-24-21-12-15(6-8-25-21)22(29)28-9-11-31-20(14-28)19-13-17(26-27-19)7-10-30-18-4-2-16(23)3-5-18/h2-6,8,12-13,20H,7,9-11,14H2,1H3,(H,24,25)(H,26,27)/t20-/m1/s1. The predicted octanol–water partition coefficient (Wildman–Crippen LogP) is 3.34. The molecule has 2 aromatic heterocycles. The molecule has 1 saturated heterocycles. The van der Waals surface area contributed by atoms with Crippen molar-refractivity contribution in [2.75, 3.05) is 38.7 Å². The average Bonchev–Trinajstić information content (AvgIpc) is 3.29. The summed E-state index contributed by atoms with van der Waals surface area (Å²) in [6.45, 7) is 1.96. The summed E-state index contributed by atoms with van der Waals surface area (Å²) in [5.41, 5.74) is 2.33. The molecule has 9 heteroatoms. The van der Waals surface area contributed by atoms with Gasteiger partial charge in [-0.2, -0.15) is 5.10 Å². The Balaban J connectivity index is 1.33. The lowest BCUT2D eigenvalue weighted by molar-refractivity contribution is -0.0247. The van der Waals surface area contributed by atoms with Gasteiger partial charge in [0, 0.05) is 42.5 Å². The first-order chi connectivity index (χ1) is 15.1. The number of nitrogens with zero attached hydrogens (tertiary/aromatic N) is 3. The minimum atomic E-state index is -0.273. The molecular formula is C22H24ClN5O3. The molecule has 31 heavy (non-hydrogen) atoms. The zero-order valence-electron chi connectivity index (χ0n) is 17.2. The van der Waals surface area contributed by atoms with Crippen LogP contribution in [0, 0.1) is 0 Å². The van der Waals surface area contributed by atoms with Crippen LogP contribution in [0.5, 0.6) is 5.75 Å². The third-order valence-corrected chi connectivity index (χ3v) is 5.30. The Bertz CT molecular complexity index is 1020.